The van der Waals surface area contributed by atoms with Crippen LogP contribution in [0.2, 0.25) is 0 Å². The number of halogens is 1. The summed E-state index contributed by atoms with van der Waals surface area (Å²) < 4.78 is 18.9. The lowest BCUT2D eigenvalue weighted by molar-refractivity contribution is -0.125. The van der Waals surface area contributed by atoms with Gasteiger partial charge in [0.25, 0.3) is 0 Å². The number of benzene rings is 2. The van der Waals surface area contributed by atoms with Crippen LogP contribution in [0.1, 0.15) is 111 Å². The first-order valence-corrected chi connectivity index (χ1v) is 17.6. The molecule has 2 saturated carbocycles. The Morgan fingerprint density at radius 2 is 1.80 bits per heavy atom. The monoisotopic (exact) mass is 678 g/mol. The van der Waals surface area contributed by atoms with Crippen LogP contribution in [-0.2, 0) is 9.59 Å². The molecule has 264 valence electrons. The summed E-state index contributed by atoms with van der Waals surface area (Å²) in [6.45, 7) is 19.3. The molecule has 7 heteroatoms. The number of nitrogens with two attached hydrogens (primary N) is 1. The quantitative estimate of drug-likeness (QED) is 0.133. The summed E-state index contributed by atoms with van der Waals surface area (Å²) in [5.74, 6) is 0.407. The maximum Gasteiger partial charge on any atom is 0.210 e. The molecule has 2 aromatic carbocycles. The van der Waals surface area contributed by atoms with E-state index >= 15 is 0 Å². The van der Waals surface area contributed by atoms with Crippen molar-refractivity contribution in [2.45, 2.75) is 92.4 Å². The number of hydrogen-bond acceptors (Lipinski definition) is 5. The third-order valence-electron chi connectivity index (χ3n) is 10.1. The zero-order chi connectivity index (χ0) is 36.7. The number of ketones is 3. The zero-order valence-corrected chi connectivity index (χ0v) is 30.4. The number of aryl methyl sites for hydroxylation is 2. The maximum absolute atomic E-state index is 13.4. The van der Waals surface area contributed by atoms with Crippen molar-refractivity contribution in [1.82, 2.24) is 4.98 Å². The summed E-state index contributed by atoms with van der Waals surface area (Å²) in [6, 6.07) is 11.4. The van der Waals surface area contributed by atoms with Crippen molar-refractivity contribution in [3.05, 3.63) is 119 Å². The maximum atomic E-state index is 13.4. The molecule has 3 aromatic rings. The molecular formula is C43H51FN2O4. The van der Waals surface area contributed by atoms with E-state index in [1.165, 1.54) is 24.5 Å². The van der Waals surface area contributed by atoms with Gasteiger partial charge in [0, 0.05) is 34.5 Å². The second kappa shape index (κ2) is 16.3. The second-order valence-corrected chi connectivity index (χ2v) is 13.5. The Morgan fingerprint density at radius 1 is 1.08 bits per heavy atom. The third-order valence-corrected chi connectivity index (χ3v) is 10.1. The van der Waals surface area contributed by atoms with Crippen LogP contribution in [0.5, 0.6) is 5.75 Å². The first kappa shape index (κ1) is 38.0. The fourth-order valence-corrected chi connectivity index (χ4v) is 6.97. The number of aromatic nitrogens is 1. The first-order chi connectivity index (χ1) is 23.8. The average molecular weight is 679 g/mol. The highest BCUT2D eigenvalue weighted by Crippen LogP contribution is 2.67. The number of H-pyrrole nitrogens is 1. The van der Waals surface area contributed by atoms with Gasteiger partial charge >= 0.3 is 0 Å². The molecule has 3 unspecified atom stereocenters. The summed E-state index contributed by atoms with van der Waals surface area (Å²) in [6.07, 6.45) is 13.1. The molecule has 2 fully saturated rings. The molecule has 3 atom stereocenters. The van der Waals surface area contributed by atoms with E-state index in [9.17, 15) is 18.8 Å². The van der Waals surface area contributed by atoms with Crippen LogP contribution in [-0.4, -0.2) is 22.3 Å². The fourth-order valence-electron chi connectivity index (χ4n) is 6.97. The number of unbranched alkanes of at least 4 members (excludes halogenated alkanes) is 1. The number of fused-ring (bicyclic) bond motifs is 1. The summed E-state index contributed by atoms with van der Waals surface area (Å²) in [5, 5.41) is 0.853. The van der Waals surface area contributed by atoms with Crippen molar-refractivity contribution in [2.24, 2.45) is 17.1 Å². The van der Waals surface area contributed by atoms with Crippen molar-refractivity contribution in [1.29, 1.82) is 0 Å². The standard InChI is InChI=1S/C25H26N2O3.C14H15FO.C4H10/c1-5-15-10-16-11-21(23(29)17(6-2)13(3)26)27-20(16)12-18(15)22-24(30)25(22)9-7-8-19(25)14(4)28;1-10-7-8-12(9-11(10)2)16-14-6-4-3-5-13(14)15;1-3-4-2/h5-6,10-12,19,22,27H,1-2,7-9,26H2,3-4H3;4,6-9H,3,5H2,1-2H3;3-4H2,1-2H3/b17-13-;;. The first-order valence-electron chi connectivity index (χ1n) is 17.6. The van der Waals surface area contributed by atoms with E-state index in [4.69, 9.17) is 10.5 Å². The van der Waals surface area contributed by atoms with Gasteiger partial charge in [-0.15, -0.1) is 0 Å². The number of rotatable bonds is 9. The van der Waals surface area contributed by atoms with Gasteiger partial charge in [0.2, 0.25) is 5.78 Å². The summed E-state index contributed by atoms with van der Waals surface area (Å²) in [7, 11) is 0. The molecule has 0 radical (unpaired) electrons. The number of carbonyl (C=O) groups is 3. The van der Waals surface area contributed by atoms with Crippen molar-refractivity contribution in [3.63, 3.8) is 0 Å². The highest BCUT2D eigenvalue weighted by molar-refractivity contribution is 6.14. The molecule has 3 aliphatic carbocycles. The minimum absolute atomic E-state index is 0.0956. The van der Waals surface area contributed by atoms with Crippen LogP contribution in [0.25, 0.3) is 17.0 Å². The molecule has 0 amide bonds. The minimum Gasteiger partial charge on any atom is -0.455 e. The van der Waals surface area contributed by atoms with Gasteiger partial charge in [-0.2, -0.15) is 0 Å². The molecule has 0 aliphatic heterocycles. The van der Waals surface area contributed by atoms with Gasteiger partial charge in [-0.1, -0.05) is 70.6 Å². The summed E-state index contributed by atoms with van der Waals surface area (Å²) >= 11 is 0. The van der Waals surface area contributed by atoms with E-state index in [-0.39, 0.29) is 35.0 Å². The number of ether oxygens (including phenoxy) is 1. The number of nitrogens with one attached hydrogen (secondary N) is 1. The number of carbonyl (C=O) groups excluding carboxylic acids is 3. The average Bonchev–Trinajstić information content (AvgIpc) is 3.41. The smallest absolute Gasteiger partial charge is 0.210 e. The number of Topliss-reactive ketones (excluding diaryl/α,β-unsaturated/α-hetero) is 3. The molecule has 1 aromatic heterocycles. The van der Waals surface area contributed by atoms with Crippen molar-refractivity contribution in [2.75, 3.05) is 0 Å². The Kier molecular flexibility index (Phi) is 12.4. The zero-order valence-electron chi connectivity index (χ0n) is 30.4. The van der Waals surface area contributed by atoms with Crippen LogP contribution < -0.4 is 10.5 Å². The Hall–Kier alpha value is -4.78. The van der Waals surface area contributed by atoms with Gasteiger partial charge in [0.1, 0.15) is 23.1 Å². The lowest BCUT2D eigenvalue weighted by Crippen LogP contribution is -2.20. The molecule has 3 aliphatic rings. The Bertz CT molecular complexity index is 1900. The molecule has 0 saturated heterocycles. The molecule has 50 heavy (non-hydrogen) atoms. The van der Waals surface area contributed by atoms with Crippen LogP contribution in [0.4, 0.5) is 4.39 Å². The molecule has 1 heterocycles. The molecule has 3 N–H and O–H groups in total. The number of hydrogen-bond donors (Lipinski definition) is 2. The van der Waals surface area contributed by atoms with Gasteiger partial charge in [-0.05, 0) is 106 Å². The Balaban J connectivity index is 0.000000235. The lowest BCUT2D eigenvalue weighted by atomic mass is 9.84. The van der Waals surface area contributed by atoms with Gasteiger partial charge in [-0.3, -0.25) is 14.4 Å². The molecular weight excluding hydrogens is 627 g/mol. The summed E-state index contributed by atoms with van der Waals surface area (Å²) in [5.41, 5.74) is 11.3. The van der Waals surface area contributed by atoms with Crippen LogP contribution in [0.3, 0.4) is 0 Å². The topological polar surface area (TPSA) is 102 Å². The van der Waals surface area contributed by atoms with Crippen molar-refractivity contribution >= 4 is 34.3 Å². The van der Waals surface area contributed by atoms with Crippen LogP contribution >= 0.6 is 0 Å². The van der Waals surface area contributed by atoms with Gasteiger partial charge < -0.3 is 15.5 Å². The largest absolute Gasteiger partial charge is 0.455 e. The van der Waals surface area contributed by atoms with E-state index in [1.54, 1.807) is 32.1 Å². The van der Waals surface area contributed by atoms with Gasteiger partial charge in [0.15, 0.2) is 5.76 Å². The van der Waals surface area contributed by atoms with Gasteiger partial charge in [0.05, 0.1) is 17.0 Å². The fraction of sp³-hybridized carbons (Fsp3) is 0.372. The minimum atomic E-state index is -0.558. The number of allylic oxidation sites excluding steroid dienone is 6. The predicted molar refractivity (Wildman–Crippen MR) is 202 cm³/mol. The van der Waals surface area contributed by atoms with E-state index in [1.807, 2.05) is 50.3 Å². The molecule has 1 spiro atoms. The normalized spacial score (nSPS) is 21.1. The van der Waals surface area contributed by atoms with Crippen LogP contribution in [0, 0.1) is 25.2 Å². The highest BCUT2D eigenvalue weighted by atomic mass is 19.1. The van der Waals surface area contributed by atoms with Crippen LogP contribution in [0.15, 0.2) is 90.6 Å². The lowest BCUT2D eigenvalue weighted by Gasteiger charge is -2.16. The SMILES string of the molecule is C=C/C(C(=O)c1cc2cc(C=C)c(C3C(=O)C34CCCC4C(C)=O)cc2[nH]1)=C(\C)N.CCCC.Cc1ccc(OC2=C(F)CCC=C2)cc1C. The summed E-state index contributed by atoms with van der Waals surface area (Å²) in [4.78, 5) is 41.1. The van der Waals surface area contributed by atoms with E-state index in [0.29, 0.717) is 34.9 Å². The van der Waals surface area contributed by atoms with Gasteiger partial charge in [-0.25, -0.2) is 4.39 Å². The Morgan fingerprint density at radius 3 is 2.38 bits per heavy atom. The van der Waals surface area contributed by atoms with E-state index in [2.05, 4.69) is 32.0 Å². The molecule has 6 nitrogen and oxygen atoms in total. The van der Waals surface area contributed by atoms with Crippen molar-refractivity contribution < 1.29 is 23.5 Å². The predicted octanol–water partition coefficient (Wildman–Crippen LogP) is 10.5. The van der Waals surface area contributed by atoms with Crippen molar-refractivity contribution in [3.8, 4) is 5.75 Å². The highest BCUT2D eigenvalue weighted by Gasteiger charge is 2.71. The second-order valence-electron chi connectivity index (χ2n) is 13.5. The van der Waals surface area contributed by atoms with E-state index < -0.39 is 5.41 Å². The number of aromatic amines is 1. The Labute approximate surface area is 296 Å². The molecule has 6 rings (SSSR count). The van der Waals surface area contributed by atoms with E-state index in [0.717, 1.165) is 53.3 Å². The molecule has 0 bridgehead atoms. The third kappa shape index (κ3) is 7.83.